The van der Waals surface area contributed by atoms with Crippen molar-refractivity contribution in [1.82, 2.24) is 10.6 Å². The maximum atomic E-state index is 11.6. The second-order valence-corrected chi connectivity index (χ2v) is 6.70. The molecule has 0 atom stereocenters. The minimum Gasteiger partial charge on any atom is -0.355 e. The van der Waals surface area contributed by atoms with E-state index in [1.807, 2.05) is 0 Å². The Balaban J connectivity index is 3.08. The molecule has 0 aromatic carbocycles. The number of nitrogens with one attached hydrogen (secondary N) is 2. The van der Waals surface area contributed by atoms with Crippen molar-refractivity contribution in [3.8, 4) is 0 Å². The van der Waals surface area contributed by atoms with Gasteiger partial charge in [0.05, 0.1) is 0 Å². The van der Waals surface area contributed by atoms with E-state index in [2.05, 4.69) is 24.5 Å². The number of unbranched alkanes of at least 4 members (excludes halogenated alkanes) is 12. The summed E-state index contributed by atoms with van der Waals surface area (Å²) in [6.07, 6.45) is 18.3. The van der Waals surface area contributed by atoms with E-state index in [1.54, 1.807) is 0 Å². The minimum absolute atomic E-state index is 0.214. The van der Waals surface area contributed by atoms with Gasteiger partial charge in [-0.3, -0.25) is 4.79 Å². The van der Waals surface area contributed by atoms with Gasteiger partial charge >= 0.3 is 0 Å². The monoisotopic (exact) mass is 326 g/mol. The van der Waals surface area contributed by atoms with Gasteiger partial charge in [0.25, 0.3) is 0 Å². The van der Waals surface area contributed by atoms with Crippen molar-refractivity contribution < 1.29 is 4.79 Å². The number of carbonyl (C=O) groups is 1. The van der Waals surface area contributed by atoms with E-state index in [0.717, 1.165) is 26.1 Å². The molecule has 2 N–H and O–H groups in total. The van der Waals surface area contributed by atoms with Gasteiger partial charge < -0.3 is 10.6 Å². The van der Waals surface area contributed by atoms with Crippen LogP contribution in [0.25, 0.3) is 0 Å². The van der Waals surface area contributed by atoms with Crippen LogP contribution in [0.5, 0.6) is 0 Å². The molecule has 1 amide bonds. The lowest BCUT2D eigenvalue weighted by Gasteiger charge is -2.05. The van der Waals surface area contributed by atoms with E-state index in [1.165, 1.54) is 77.0 Å². The molecule has 0 bridgehead atoms. The number of rotatable bonds is 18. The van der Waals surface area contributed by atoms with Crippen molar-refractivity contribution in [2.24, 2.45) is 0 Å². The smallest absolute Gasteiger partial charge is 0.220 e. The molecule has 0 aromatic rings. The van der Waals surface area contributed by atoms with E-state index < -0.39 is 0 Å². The summed E-state index contributed by atoms with van der Waals surface area (Å²) < 4.78 is 0. The van der Waals surface area contributed by atoms with Crippen molar-refractivity contribution in [2.75, 3.05) is 19.6 Å². The van der Waals surface area contributed by atoms with Gasteiger partial charge in [0.15, 0.2) is 0 Å². The average molecular weight is 327 g/mol. The lowest BCUT2D eigenvalue weighted by molar-refractivity contribution is -0.121. The van der Waals surface area contributed by atoms with Crippen molar-refractivity contribution in [3.05, 3.63) is 0 Å². The molecule has 0 radical (unpaired) electrons. The molecule has 23 heavy (non-hydrogen) atoms. The summed E-state index contributed by atoms with van der Waals surface area (Å²) >= 11 is 0. The van der Waals surface area contributed by atoms with Crippen LogP contribution >= 0.6 is 0 Å². The van der Waals surface area contributed by atoms with E-state index in [0.29, 0.717) is 6.42 Å². The zero-order valence-corrected chi connectivity index (χ0v) is 15.9. The largest absolute Gasteiger partial charge is 0.355 e. The molecule has 0 rings (SSSR count). The predicted molar refractivity (Wildman–Crippen MR) is 102 cm³/mol. The van der Waals surface area contributed by atoms with Gasteiger partial charge in [-0.15, -0.1) is 0 Å². The van der Waals surface area contributed by atoms with Crippen LogP contribution in [-0.4, -0.2) is 25.5 Å². The van der Waals surface area contributed by atoms with Crippen LogP contribution in [0, 0.1) is 0 Å². The number of likely N-dealkylation sites (N-methyl/N-ethyl adjacent to an activating group) is 1. The normalized spacial score (nSPS) is 10.9. The van der Waals surface area contributed by atoms with Crippen LogP contribution in [0.15, 0.2) is 0 Å². The Hall–Kier alpha value is -0.570. The number of hydrogen-bond acceptors (Lipinski definition) is 2. The Morgan fingerprint density at radius 3 is 1.61 bits per heavy atom. The Labute approximate surface area is 145 Å². The van der Waals surface area contributed by atoms with Gasteiger partial charge in [-0.1, -0.05) is 90.9 Å². The SMILES string of the molecule is CCCCCCCCCCCCCCCC(=O)NCCNCC. The fourth-order valence-corrected chi connectivity index (χ4v) is 2.86. The van der Waals surface area contributed by atoms with Crippen LogP contribution in [-0.2, 0) is 4.79 Å². The zero-order chi connectivity index (χ0) is 17.0. The molecule has 0 aliphatic heterocycles. The molecule has 0 aliphatic rings. The topological polar surface area (TPSA) is 41.1 Å². The number of hydrogen-bond donors (Lipinski definition) is 2. The van der Waals surface area contributed by atoms with E-state index in [4.69, 9.17) is 0 Å². The quantitative estimate of drug-likeness (QED) is 0.340. The number of amides is 1. The highest BCUT2D eigenvalue weighted by molar-refractivity contribution is 5.75. The molecule has 3 heteroatoms. The lowest BCUT2D eigenvalue weighted by Crippen LogP contribution is -2.31. The Morgan fingerprint density at radius 1 is 0.652 bits per heavy atom. The molecule has 0 spiro atoms. The van der Waals surface area contributed by atoms with Crippen LogP contribution < -0.4 is 10.6 Å². The maximum Gasteiger partial charge on any atom is 0.220 e. The highest BCUT2D eigenvalue weighted by atomic mass is 16.1. The molecule has 138 valence electrons. The molecular formula is C20H42N2O. The van der Waals surface area contributed by atoms with Crippen LogP contribution in [0.3, 0.4) is 0 Å². The van der Waals surface area contributed by atoms with Crippen molar-refractivity contribution in [2.45, 2.75) is 104 Å². The molecule has 0 saturated heterocycles. The Kier molecular flexibility index (Phi) is 19.0. The molecular weight excluding hydrogens is 284 g/mol. The Morgan fingerprint density at radius 2 is 1.13 bits per heavy atom. The summed E-state index contributed by atoms with van der Waals surface area (Å²) in [5.74, 6) is 0.214. The van der Waals surface area contributed by atoms with Gasteiger partial charge in [0.1, 0.15) is 0 Å². The maximum absolute atomic E-state index is 11.6. The van der Waals surface area contributed by atoms with Crippen LogP contribution in [0.4, 0.5) is 0 Å². The lowest BCUT2D eigenvalue weighted by atomic mass is 10.0. The van der Waals surface area contributed by atoms with Gasteiger partial charge in [-0.2, -0.15) is 0 Å². The van der Waals surface area contributed by atoms with Gasteiger partial charge in [0.2, 0.25) is 5.91 Å². The summed E-state index contributed by atoms with van der Waals surface area (Å²) in [7, 11) is 0. The van der Waals surface area contributed by atoms with Crippen molar-refractivity contribution >= 4 is 5.91 Å². The third-order valence-electron chi connectivity index (χ3n) is 4.38. The third-order valence-corrected chi connectivity index (χ3v) is 4.38. The Bertz CT molecular complexity index is 244. The summed E-state index contributed by atoms with van der Waals surface area (Å²) in [4.78, 5) is 11.6. The highest BCUT2D eigenvalue weighted by Gasteiger charge is 2.00. The third kappa shape index (κ3) is 19.4. The van der Waals surface area contributed by atoms with E-state index in [-0.39, 0.29) is 5.91 Å². The van der Waals surface area contributed by atoms with E-state index in [9.17, 15) is 4.79 Å². The molecule has 0 aromatic heterocycles. The zero-order valence-electron chi connectivity index (χ0n) is 15.9. The van der Waals surface area contributed by atoms with Crippen molar-refractivity contribution in [3.63, 3.8) is 0 Å². The minimum atomic E-state index is 0.214. The summed E-state index contributed by atoms with van der Waals surface area (Å²) in [6.45, 7) is 6.95. The molecule has 0 fully saturated rings. The molecule has 0 aliphatic carbocycles. The molecule has 0 unspecified atom stereocenters. The summed E-state index contributed by atoms with van der Waals surface area (Å²) in [6, 6.07) is 0. The summed E-state index contributed by atoms with van der Waals surface area (Å²) in [5, 5.41) is 6.17. The van der Waals surface area contributed by atoms with Gasteiger partial charge in [-0.05, 0) is 13.0 Å². The van der Waals surface area contributed by atoms with E-state index >= 15 is 0 Å². The standard InChI is InChI=1S/C20H42N2O/c1-3-5-6-7-8-9-10-11-12-13-14-15-16-17-20(23)22-19-18-21-4-2/h21H,3-19H2,1-2H3,(H,22,23). The average Bonchev–Trinajstić information content (AvgIpc) is 2.56. The van der Waals surface area contributed by atoms with Crippen LogP contribution in [0.2, 0.25) is 0 Å². The first-order chi connectivity index (χ1) is 11.3. The van der Waals surface area contributed by atoms with Gasteiger partial charge in [-0.25, -0.2) is 0 Å². The summed E-state index contributed by atoms with van der Waals surface area (Å²) in [5.41, 5.74) is 0. The molecule has 0 saturated carbocycles. The first-order valence-electron chi connectivity index (χ1n) is 10.3. The fraction of sp³-hybridized carbons (Fsp3) is 0.950. The highest BCUT2D eigenvalue weighted by Crippen LogP contribution is 2.12. The number of carbonyl (C=O) groups excluding carboxylic acids is 1. The second-order valence-electron chi connectivity index (χ2n) is 6.70. The van der Waals surface area contributed by atoms with Gasteiger partial charge in [0, 0.05) is 19.5 Å². The predicted octanol–water partition coefficient (Wildman–Crippen LogP) is 5.19. The molecule has 0 heterocycles. The van der Waals surface area contributed by atoms with Crippen molar-refractivity contribution in [1.29, 1.82) is 0 Å². The first kappa shape index (κ1) is 22.4. The van der Waals surface area contributed by atoms with Crippen LogP contribution in [0.1, 0.15) is 104 Å². The fourth-order valence-electron chi connectivity index (χ4n) is 2.86. The molecule has 3 nitrogen and oxygen atoms in total. The second kappa shape index (κ2) is 19.5. The first-order valence-corrected chi connectivity index (χ1v) is 10.3.